The summed E-state index contributed by atoms with van der Waals surface area (Å²) in [5.41, 5.74) is 4.00. The first kappa shape index (κ1) is 30.7. The molecule has 3 aliphatic heterocycles. The molecule has 0 aliphatic carbocycles. The molecule has 0 aromatic heterocycles. The molecule has 9 heteroatoms. The van der Waals surface area contributed by atoms with Crippen molar-refractivity contribution in [1.82, 2.24) is 4.90 Å². The molecule has 9 nitrogen and oxygen atoms in total. The first-order valence-corrected chi connectivity index (χ1v) is 14.4. The number of rotatable bonds is 10. The Labute approximate surface area is 237 Å². The van der Waals surface area contributed by atoms with Crippen molar-refractivity contribution < 1.29 is 39.4 Å². The largest absolute Gasteiger partial charge is 0.462 e. The number of hydrogen-bond donors (Lipinski definition) is 4. The highest BCUT2D eigenvalue weighted by molar-refractivity contribution is 5.90. The van der Waals surface area contributed by atoms with Gasteiger partial charge in [-0.2, -0.15) is 0 Å². The molecule has 4 rings (SSSR count). The van der Waals surface area contributed by atoms with Gasteiger partial charge in [0.25, 0.3) is 0 Å². The van der Waals surface area contributed by atoms with E-state index < -0.39 is 37.3 Å². The minimum Gasteiger partial charge on any atom is -0.462 e. The lowest BCUT2D eigenvalue weighted by atomic mass is 9.97. The molecule has 222 valence electrons. The van der Waals surface area contributed by atoms with E-state index in [9.17, 15) is 25.2 Å². The summed E-state index contributed by atoms with van der Waals surface area (Å²) >= 11 is 0. The van der Waals surface area contributed by atoms with Gasteiger partial charge in [-0.3, -0.25) is 4.90 Å². The second kappa shape index (κ2) is 13.6. The van der Waals surface area contributed by atoms with Gasteiger partial charge in [0, 0.05) is 12.0 Å². The second-order valence-corrected chi connectivity index (χ2v) is 11.8. The SMILES string of the molecule is CC(C)=CCc1cc(C(=O)OC[C@H]2CCN3CCC[C@H]23)cc(CC=C(C)C)c1O[C@@H]1O[C@H](CO)[C@@H](O)[C@H](O)[C@H]1O. The molecule has 3 fully saturated rings. The van der Waals surface area contributed by atoms with Crippen LogP contribution in [0.15, 0.2) is 35.4 Å². The predicted octanol–water partition coefficient (Wildman–Crippen LogP) is 2.52. The number of ether oxygens (including phenoxy) is 3. The number of hydrogen-bond acceptors (Lipinski definition) is 9. The molecule has 40 heavy (non-hydrogen) atoms. The summed E-state index contributed by atoms with van der Waals surface area (Å²) in [7, 11) is 0. The van der Waals surface area contributed by atoms with Crippen molar-refractivity contribution in [2.24, 2.45) is 5.92 Å². The summed E-state index contributed by atoms with van der Waals surface area (Å²) in [5, 5.41) is 40.8. The lowest BCUT2D eigenvalue weighted by Crippen LogP contribution is -2.60. The van der Waals surface area contributed by atoms with Crippen molar-refractivity contribution in [3.8, 4) is 5.75 Å². The Morgan fingerprint density at radius 3 is 2.23 bits per heavy atom. The van der Waals surface area contributed by atoms with Crippen LogP contribution in [-0.2, 0) is 22.3 Å². The van der Waals surface area contributed by atoms with Gasteiger partial charge in [-0.05, 0) is 96.1 Å². The maximum Gasteiger partial charge on any atom is 0.338 e. The van der Waals surface area contributed by atoms with Crippen LogP contribution in [0.3, 0.4) is 0 Å². The Balaban J connectivity index is 1.63. The summed E-state index contributed by atoms with van der Waals surface area (Å²) in [6.45, 7) is 9.97. The van der Waals surface area contributed by atoms with Crippen molar-refractivity contribution in [1.29, 1.82) is 0 Å². The number of carbonyl (C=O) groups excluding carboxylic acids is 1. The molecule has 0 amide bonds. The zero-order valence-electron chi connectivity index (χ0n) is 24.1. The third-order valence-electron chi connectivity index (χ3n) is 8.20. The maximum absolute atomic E-state index is 13.3. The molecule has 4 N–H and O–H groups in total. The molecule has 0 spiro atoms. The fraction of sp³-hybridized carbons (Fsp3) is 0.645. The van der Waals surface area contributed by atoms with Gasteiger partial charge in [0.2, 0.25) is 6.29 Å². The Hall–Kier alpha value is -2.27. The van der Waals surface area contributed by atoms with E-state index in [1.54, 1.807) is 12.1 Å². The van der Waals surface area contributed by atoms with Crippen LogP contribution in [0.25, 0.3) is 0 Å². The van der Waals surface area contributed by atoms with Crippen LogP contribution in [0.2, 0.25) is 0 Å². The van der Waals surface area contributed by atoms with Crippen LogP contribution >= 0.6 is 0 Å². The third kappa shape index (κ3) is 7.13. The molecule has 3 aliphatic rings. The highest BCUT2D eigenvalue weighted by Crippen LogP contribution is 2.35. The number of allylic oxidation sites excluding steroid dienone is 4. The van der Waals surface area contributed by atoms with Crippen LogP contribution in [0.4, 0.5) is 0 Å². The number of esters is 1. The van der Waals surface area contributed by atoms with Gasteiger partial charge >= 0.3 is 5.97 Å². The summed E-state index contributed by atoms with van der Waals surface area (Å²) < 4.78 is 17.7. The van der Waals surface area contributed by atoms with E-state index in [-0.39, 0.29) is 5.97 Å². The quantitative estimate of drug-likeness (QED) is 0.252. The van der Waals surface area contributed by atoms with Gasteiger partial charge in [-0.15, -0.1) is 0 Å². The van der Waals surface area contributed by atoms with Crippen LogP contribution in [-0.4, -0.2) is 94.3 Å². The number of fused-ring (bicyclic) bond motifs is 1. The number of benzene rings is 1. The van der Waals surface area contributed by atoms with Gasteiger partial charge < -0.3 is 34.6 Å². The number of aliphatic hydroxyl groups excluding tert-OH is 4. The van der Waals surface area contributed by atoms with E-state index in [0.29, 0.717) is 53.8 Å². The maximum atomic E-state index is 13.3. The zero-order valence-corrected chi connectivity index (χ0v) is 24.1. The van der Waals surface area contributed by atoms with E-state index in [0.717, 1.165) is 37.1 Å². The van der Waals surface area contributed by atoms with E-state index in [2.05, 4.69) is 4.90 Å². The van der Waals surface area contributed by atoms with Gasteiger partial charge in [0.15, 0.2) is 0 Å². The monoisotopic (exact) mass is 559 g/mol. The van der Waals surface area contributed by atoms with Gasteiger partial charge in [0.05, 0.1) is 18.8 Å². The molecule has 7 atom stereocenters. The van der Waals surface area contributed by atoms with Crippen molar-refractivity contribution >= 4 is 5.97 Å². The number of aliphatic hydroxyl groups is 4. The van der Waals surface area contributed by atoms with Crippen LogP contribution in [0, 0.1) is 5.92 Å². The smallest absolute Gasteiger partial charge is 0.338 e. The van der Waals surface area contributed by atoms with E-state index in [1.807, 2.05) is 39.8 Å². The Bertz CT molecular complexity index is 1050. The Morgan fingerprint density at radius 1 is 0.975 bits per heavy atom. The molecular weight excluding hydrogens is 514 g/mol. The summed E-state index contributed by atoms with van der Waals surface area (Å²) in [6.07, 6.45) is 1.34. The topological polar surface area (TPSA) is 129 Å². The first-order chi connectivity index (χ1) is 19.1. The van der Waals surface area contributed by atoms with Gasteiger partial charge in [-0.1, -0.05) is 23.3 Å². The molecular formula is C31H45NO8. The fourth-order valence-corrected chi connectivity index (χ4v) is 5.88. The van der Waals surface area contributed by atoms with Crippen LogP contribution < -0.4 is 4.74 Å². The third-order valence-corrected chi connectivity index (χ3v) is 8.20. The highest BCUT2D eigenvalue weighted by Gasteiger charge is 2.45. The van der Waals surface area contributed by atoms with Crippen molar-refractivity contribution in [2.45, 2.75) is 96.5 Å². The number of carbonyl (C=O) groups is 1. The van der Waals surface area contributed by atoms with E-state index in [1.165, 1.54) is 6.42 Å². The zero-order chi connectivity index (χ0) is 29.0. The van der Waals surface area contributed by atoms with Crippen molar-refractivity contribution in [3.05, 3.63) is 52.1 Å². The van der Waals surface area contributed by atoms with Gasteiger partial charge in [-0.25, -0.2) is 4.79 Å². The minimum absolute atomic E-state index is 0.357. The first-order valence-electron chi connectivity index (χ1n) is 14.4. The highest BCUT2D eigenvalue weighted by atomic mass is 16.7. The average molecular weight is 560 g/mol. The van der Waals surface area contributed by atoms with Gasteiger partial charge in [0.1, 0.15) is 30.2 Å². The molecule has 1 aromatic rings. The molecule has 0 bridgehead atoms. The second-order valence-electron chi connectivity index (χ2n) is 11.8. The predicted molar refractivity (Wildman–Crippen MR) is 150 cm³/mol. The summed E-state index contributed by atoms with van der Waals surface area (Å²) in [5.74, 6) is 0.400. The lowest BCUT2D eigenvalue weighted by molar-refractivity contribution is -0.277. The van der Waals surface area contributed by atoms with Crippen LogP contribution in [0.1, 0.15) is 68.4 Å². The fourth-order valence-electron chi connectivity index (χ4n) is 5.88. The average Bonchev–Trinajstić information content (AvgIpc) is 3.54. The molecule has 3 saturated heterocycles. The lowest BCUT2D eigenvalue weighted by Gasteiger charge is -2.40. The molecule has 0 unspecified atom stereocenters. The van der Waals surface area contributed by atoms with E-state index >= 15 is 0 Å². The molecule has 0 saturated carbocycles. The summed E-state index contributed by atoms with van der Waals surface area (Å²) in [4.78, 5) is 15.8. The normalized spacial score (nSPS) is 30.1. The molecule has 1 aromatic carbocycles. The Kier molecular flexibility index (Phi) is 10.4. The number of nitrogens with zero attached hydrogens (tertiary/aromatic N) is 1. The molecule has 0 radical (unpaired) electrons. The minimum atomic E-state index is -1.56. The summed E-state index contributed by atoms with van der Waals surface area (Å²) in [6, 6.07) is 4.01. The Morgan fingerprint density at radius 2 is 1.62 bits per heavy atom. The van der Waals surface area contributed by atoms with Crippen molar-refractivity contribution in [3.63, 3.8) is 0 Å². The van der Waals surface area contributed by atoms with Crippen LogP contribution in [0.5, 0.6) is 5.75 Å². The van der Waals surface area contributed by atoms with Crippen molar-refractivity contribution in [2.75, 3.05) is 26.3 Å². The van der Waals surface area contributed by atoms with E-state index in [4.69, 9.17) is 14.2 Å². The molecule has 3 heterocycles. The standard InChI is InChI=1S/C31H45NO8/c1-18(2)7-9-20-14-23(30(37)38-17-22-11-13-32-12-5-6-24(22)32)15-21(10-8-19(3)4)29(20)40-31-28(36)27(35)26(34)25(16-33)39-31/h7-8,14-15,22,24-28,31,33-36H,5-6,9-13,16-17H2,1-4H3/t22-,24-,25-,26-,27+,28-,31+/m1/s1.